The maximum Gasteiger partial charge on any atom is 2.00 e. The molecule has 0 atom stereocenters. The van der Waals surface area contributed by atoms with Gasteiger partial charge < -0.3 is 7.43 Å². The SMILES string of the molecule is C[PH+](C)C.C[PH+](C)C.Clc1ccc[c-]c1CN=Cc1ccccn1.[CH3-].[Fe+2]. The van der Waals surface area contributed by atoms with Crippen LogP contribution in [0, 0.1) is 13.5 Å². The minimum absolute atomic E-state index is 0. The maximum atomic E-state index is 5.99. The first-order chi connectivity index (χ1) is 11.3. The van der Waals surface area contributed by atoms with Gasteiger partial charge in [-0.1, -0.05) is 11.1 Å². The zero-order valence-electron chi connectivity index (χ0n) is 17.0. The van der Waals surface area contributed by atoms with E-state index in [-0.39, 0.29) is 40.3 Å². The molecule has 0 aliphatic carbocycles. The Hall–Kier alpha value is -0.291. The quantitative estimate of drug-likeness (QED) is 0.250. The molecule has 2 rings (SSSR count). The van der Waals surface area contributed by atoms with Crippen LogP contribution in [0.25, 0.3) is 0 Å². The fourth-order valence-electron chi connectivity index (χ4n) is 1.25. The molecule has 2 nitrogen and oxygen atoms in total. The van der Waals surface area contributed by atoms with Crippen LogP contribution in [0.5, 0.6) is 0 Å². The van der Waals surface area contributed by atoms with Gasteiger partial charge in [0, 0.05) is 58.9 Å². The molecule has 0 amide bonds. The number of halogens is 1. The number of pyridine rings is 1. The Morgan fingerprint density at radius 1 is 1.04 bits per heavy atom. The molecule has 0 saturated carbocycles. The second-order valence-electron chi connectivity index (χ2n) is 6.22. The zero-order valence-corrected chi connectivity index (χ0v) is 20.8. The van der Waals surface area contributed by atoms with Crippen LogP contribution in [0.15, 0.2) is 47.6 Å². The third-order valence-corrected chi connectivity index (χ3v) is 2.40. The van der Waals surface area contributed by atoms with Crippen LogP contribution >= 0.6 is 27.4 Å². The number of aromatic nitrogens is 1. The Morgan fingerprint density at radius 2 is 1.62 bits per heavy atom. The number of nitrogens with zero attached hydrogens (tertiary/aromatic N) is 2. The summed E-state index contributed by atoms with van der Waals surface area (Å²) >= 11 is 5.99. The molecule has 0 fully saturated rings. The van der Waals surface area contributed by atoms with E-state index in [9.17, 15) is 0 Å². The molecule has 0 N–H and O–H groups in total. The van der Waals surface area contributed by atoms with Crippen molar-refractivity contribution in [3.05, 3.63) is 72.4 Å². The molecule has 2 aromatic rings. The van der Waals surface area contributed by atoms with Gasteiger partial charge in [-0.15, -0.1) is 5.56 Å². The van der Waals surface area contributed by atoms with Gasteiger partial charge in [-0.2, -0.15) is 35.9 Å². The molecule has 0 unspecified atom stereocenters. The van der Waals surface area contributed by atoms with Crippen molar-refractivity contribution in [2.75, 3.05) is 40.0 Å². The van der Waals surface area contributed by atoms with E-state index in [0.717, 1.165) is 11.3 Å². The number of aliphatic imine (C=N–C) groups is 1. The standard InChI is InChI=1S/C13H10ClN2.2C3H9P.CH3.Fe/c14-13-7-2-1-5-11(13)9-15-10-12-6-3-4-8-16-12;2*1-4(2)3;;/h1-4,6-8,10H,9H2;2*1-3H3;1H3;/q-1;;;-1;+2/p+2. The molecule has 1 aromatic heterocycles. The second kappa shape index (κ2) is 19.5. The van der Waals surface area contributed by atoms with E-state index in [4.69, 9.17) is 11.6 Å². The Labute approximate surface area is 179 Å². The fraction of sp³-hybridized carbons (Fsp3) is 0.350. The van der Waals surface area contributed by atoms with Gasteiger partial charge in [-0.25, -0.2) is 0 Å². The molecule has 1 aromatic carbocycles. The van der Waals surface area contributed by atoms with Crippen molar-refractivity contribution in [3.8, 4) is 0 Å². The van der Waals surface area contributed by atoms with Crippen LogP contribution in [0.2, 0.25) is 5.02 Å². The summed E-state index contributed by atoms with van der Waals surface area (Å²) in [5, 5.41) is 0.695. The first kappa shape index (κ1) is 30.4. The Morgan fingerprint density at radius 3 is 2.08 bits per heavy atom. The van der Waals surface area contributed by atoms with Crippen LogP contribution in [0.4, 0.5) is 0 Å². The van der Waals surface area contributed by atoms with Crippen molar-refractivity contribution >= 4 is 33.7 Å². The largest absolute Gasteiger partial charge is 2.00 e. The van der Waals surface area contributed by atoms with E-state index in [2.05, 4.69) is 56.0 Å². The van der Waals surface area contributed by atoms with E-state index < -0.39 is 0 Å². The van der Waals surface area contributed by atoms with Crippen LogP contribution in [0.1, 0.15) is 11.3 Å². The van der Waals surface area contributed by atoms with Crippen LogP contribution in [0.3, 0.4) is 0 Å². The average Bonchev–Trinajstić information content (AvgIpc) is 2.49. The molecule has 0 saturated heterocycles. The van der Waals surface area contributed by atoms with Crippen LogP contribution in [-0.2, 0) is 23.6 Å². The van der Waals surface area contributed by atoms with E-state index in [1.807, 2.05) is 36.4 Å². The monoisotopic (exact) mass is 454 g/mol. The summed E-state index contributed by atoms with van der Waals surface area (Å²) in [4.78, 5) is 8.41. The first-order valence-electron chi connectivity index (χ1n) is 7.92. The summed E-state index contributed by atoms with van der Waals surface area (Å²) in [7, 11) is 0.241. The summed E-state index contributed by atoms with van der Waals surface area (Å²) in [5.74, 6) is 0. The van der Waals surface area contributed by atoms with Gasteiger partial charge in [0.05, 0.1) is 5.69 Å². The average molecular weight is 455 g/mol. The van der Waals surface area contributed by atoms with Gasteiger partial charge in [-0.05, 0) is 28.0 Å². The molecule has 0 spiro atoms. The van der Waals surface area contributed by atoms with Crippen molar-refractivity contribution in [1.29, 1.82) is 0 Å². The molecule has 6 heteroatoms. The van der Waals surface area contributed by atoms with Crippen LogP contribution in [-0.4, -0.2) is 51.2 Å². The summed E-state index contributed by atoms with van der Waals surface area (Å²) in [6.07, 6.45) is 3.47. The molecular formula is C20H33ClFeN2P2+2. The third kappa shape index (κ3) is 20.0. The van der Waals surface area contributed by atoms with Crippen molar-refractivity contribution in [1.82, 2.24) is 4.98 Å². The number of rotatable bonds is 3. The minimum atomic E-state index is 0. The Bertz CT molecular complexity index is 568. The van der Waals surface area contributed by atoms with Gasteiger partial charge in [0.25, 0.3) is 0 Å². The third-order valence-electron chi connectivity index (χ3n) is 2.05. The number of benzene rings is 1. The second-order valence-corrected chi connectivity index (χ2v) is 12.6. The van der Waals surface area contributed by atoms with Crippen molar-refractivity contribution < 1.29 is 17.1 Å². The van der Waals surface area contributed by atoms with Crippen LogP contribution < -0.4 is 0 Å². The van der Waals surface area contributed by atoms with Crippen molar-refractivity contribution in [3.63, 3.8) is 0 Å². The van der Waals surface area contributed by atoms with E-state index in [1.54, 1.807) is 12.4 Å². The number of hydrogen-bond acceptors (Lipinski definition) is 2. The summed E-state index contributed by atoms with van der Waals surface area (Å²) in [6.45, 7) is 14.1. The minimum Gasteiger partial charge on any atom is -0.358 e. The summed E-state index contributed by atoms with van der Waals surface area (Å²) in [5.41, 5.74) is 1.74. The Balaban J connectivity index is -0.000000454. The Kier molecular flexibility index (Phi) is 22.8. The van der Waals surface area contributed by atoms with Gasteiger partial charge in [0.1, 0.15) is 0 Å². The molecule has 146 valence electrons. The summed E-state index contributed by atoms with van der Waals surface area (Å²) < 4.78 is 0. The van der Waals surface area contributed by atoms with Gasteiger partial charge in [0.15, 0.2) is 0 Å². The fourth-order valence-corrected chi connectivity index (χ4v) is 1.44. The molecule has 0 bridgehead atoms. The zero-order chi connectivity index (χ0) is 18.4. The predicted molar refractivity (Wildman–Crippen MR) is 124 cm³/mol. The molecule has 26 heavy (non-hydrogen) atoms. The smallest absolute Gasteiger partial charge is 0.358 e. The predicted octanol–water partition coefficient (Wildman–Crippen LogP) is 5.78. The van der Waals surface area contributed by atoms with E-state index >= 15 is 0 Å². The molecule has 0 aliphatic heterocycles. The van der Waals surface area contributed by atoms with Gasteiger partial charge >= 0.3 is 17.1 Å². The van der Waals surface area contributed by atoms with Gasteiger partial charge in [0.2, 0.25) is 0 Å². The normalized spacial score (nSPS) is 9.42. The molecule has 1 heterocycles. The first-order valence-corrected chi connectivity index (χ1v) is 14.3. The summed E-state index contributed by atoms with van der Waals surface area (Å²) in [6, 6.07) is 14.3. The molecule has 0 aliphatic rings. The molecular weight excluding hydrogens is 421 g/mol. The topological polar surface area (TPSA) is 25.2 Å². The van der Waals surface area contributed by atoms with E-state index in [0.29, 0.717) is 11.6 Å². The maximum absolute atomic E-state index is 5.99. The van der Waals surface area contributed by atoms with E-state index in [1.165, 1.54) is 0 Å². The van der Waals surface area contributed by atoms with Gasteiger partial charge in [-0.3, -0.25) is 9.98 Å². The number of hydrogen-bond donors (Lipinski definition) is 0. The molecule has 0 radical (unpaired) electrons. The van der Waals surface area contributed by atoms with Crippen molar-refractivity contribution in [2.45, 2.75) is 6.54 Å². The van der Waals surface area contributed by atoms with Crippen molar-refractivity contribution in [2.24, 2.45) is 4.99 Å².